The van der Waals surface area contributed by atoms with Gasteiger partial charge in [0.2, 0.25) is 5.91 Å². The second-order valence-electron chi connectivity index (χ2n) is 1.53. The van der Waals surface area contributed by atoms with Gasteiger partial charge in [-0.1, -0.05) is 5.43 Å². The standard InChI is InChI=1S/C3H7N3O3/c1-2(3(4)7)5-6(8)9/h2,5H,1H3,(H2-,4,7,8,9)/p+1. The first kappa shape index (κ1) is 7.67. The van der Waals surface area contributed by atoms with Crippen molar-refractivity contribution in [1.82, 2.24) is 5.43 Å². The predicted molar refractivity (Wildman–Crippen MR) is 27.2 cm³/mol. The third-order valence-electron chi connectivity index (χ3n) is 0.731. The lowest BCUT2D eigenvalue weighted by Crippen LogP contribution is -2.42. The minimum absolute atomic E-state index is 0.560. The maximum absolute atomic E-state index is 10.1. The number of nitrogens with one attached hydrogen (secondary N) is 1. The molecule has 0 aromatic rings. The van der Waals surface area contributed by atoms with E-state index >= 15 is 0 Å². The Balaban J connectivity index is 3.63. The van der Waals surface area contributed by atoms with Crippen molar-refractivity contribution in [1.29, 1.82) is 0 Å². The number of nitrogens with two attached hydrogens (primary N) is 1. The number of carbonyl (C=O) groups is 1. The Morgan fingerprint density at radius 2 is 2.33 bits per heavy atom. The molecule has 1 unspecified atom stereocenters. The highest BCUT2D eigenvalue weighted by atomic mass is 16.7. The van der Waals surface area contributed by atoms with Crippen molar-refractivity contribution >= 4 is 5.91 Å². The van der Waals surface area contributed by atoms with Gasteiger partial charge in [-0.2, -0.15) is 0 Å². The number of nitrogens with zero attached hydrogens (tertiary/aromatic N) is 1. The number of amides is 1. The third-order valence-corrected chi connectivity index (χ3v) is 0.731. The average Bonchev–Trinajstić information content (AvgIpc) is 1.63. The summed E-state index contributed by atoms with van der Waals surface area (Å²) in [6.45, 7) is 1.35. The van der Waals surface area contributed by atoms with Crippen LogP contribution in [-0.2, 0) is 4.79 Å². The zero-order valence-corrected chi connectivity index (χ0v) is 4.87. The van der Waals surface area contributed by atoms with Gasteiger partial charge in [-0.05, 0) is 6.92 Å². The Kier molecular flexibility index (Phi) is 2.43. The maximum Gasteiger partial charge on any atom is 0.355 e. The molecule has 0 radical (unpaired) electrons. The maximum atomic E-state index is 10.1. The second-order valence-corrected chi connectivity index (χ2v) is 1.53. The van der Waals surface area contributed by atoms with Crippen LogP contribution in [0, 0.1) is 4.91 Å². The van der Waals surface area contributed by atoms with Crippen molar-refractivity contribution in [3.8, 4) is 0 Å². The van der Waals surface area contributed by atoms with Crippen LogP contribution in [0.25, 0.3) is 0 Å². The summed E-state index contributed by atoms with van der Waals surface area (Å²) in [5.41, 5.74) is 6.51. The minimum atomic E-state index is -0.854. The molecule has 0 fully saturated rings. The first-order valence-electron chi connectivity index (χ1n) is 2.25. The third kappa shape index (κ3) is 3.27. The summed E-state index contributed by atoms with van der Waals surface area (Å²) < 4.78 is 0. The van der Waals surface area contributed by atoms with Gasteiger partial charge >= 0.3 is 5.03 Å². The van der Waals surface area contributed by atoms with Gasteiger partial charge in [-0.25, -0.2) is 5.21 Å². The average molecular weight is 134 g/mol. The fourth-order valence-corrected chi connectivity index (χ4v) is 0.229. The van der Waals surface area contributed by atoms with Crippen LogP contribution in [0.2, 0.25) is 0 Å². The van der Waals surface area contributed by atoms with Crippen LogP contribution in [-0.4, -0.2) is 22.2 Å². The van der Waals surface area contributed by atoms with E-state index in [9.17, 15) is 9.70 Å². The normalized spacial score (nSPS) is 12.1. The summed E-state index contributed by atoms with van der Waals surface area (Å²) in [5.74, 6) is -0.704. The van der Waals surface area contributed by atoms with Crippen LogP contribution in [0.5, 0.6) is 0 Å². The van der Waals surface area contributed by atoms with Crippen LogP contribution < -0.4 is 11.2 Å². The van der Waals surface area contributed by atoms with E-state index in [2.05, 4.69) is 0 Å². The van der Waals surface area contributed by atoms with Crippen LogP contribution in [0.1, 0.15) is 6.92 Å². The van der Waals surface area contributed by atoms with E-state index in [-0.39, 0.29) is 0 Å². The Bertz CT molecular complexity index is 134. The van der Waals surface area contributed by atoms with E-state index < -0.39 is 17.0 Å². The summed E-state index contributed by atoms with van der Waals surface area (Å²) in [6, 6.07) is -0.854. The molecule has 1 amide bonds. The highest BCUT2D eigenvalue weighted by Crippen LogP contribution is 1.74. The quantitative estimate of drug-likeness (QED) is 0.411. The topological polar surface area (TPSA) is 95.4 Å². The van der Waals surface area contributed by atoms with Crippen LogP contribution in [0.3, 0.4) is 0 Å². The summed E-state index contributed by atoms with van der Waals surface area (Å²) in [4.78, 5) is 19.8. The largest absolute Gasteiger partial charge is 0.368 e. The van der Waals surface area contributed by atoms with Gasteiger partial charge in [0.05, 0.1) is 0 Å². The molecule has 0 aliphatic carbocycles. The molecule has 0 bridgehead atoms. The number of hydrogen-bond acceptors (Lipinski definition) is 2. The molecule has 0 aromatic heterocycles. The van der Waals surface area contributed by atoms with Gasteiger partial charge in [0.15, 0.2) is 6.04 Å². The first-order valence-corrected chi connectivity index (χ1v) is 2.25. The lowest BCUT2D eigenvalue weighted by Gasteiger charge is -1.96. The summed E-state index contributed by atoms with van der Waals surface area (Å²) in [7, 11) is 0. The van der Waals surface area contributed by atoms with E-state index in [0.717, 1.165) is 0 Å². The molecule has 0 aromatic carbocycles. The van der Waals surface area contributed by atoms with Gasteiger partial charge in [0.25, 0.3) is 0 Å². The molecule has 0 aliphatic heterocycles. The zero-order valence-electron chi connectivity index (χ0n) is 4.87. The monoisotopic (exact) mass is 134 g/mol. The Hall–Kier alpha value is -1.33. The Morgan fingerprint density at radius 3 is 2.44 bits per heavy atom. The highest BCUT2D eigenvalue weighted by Gasteiger charge is 2.15. The van der Waals surface area contributed by atoms with Gasteiger partial charge in [-0.3, -0.25) is 4.79 Å². The van der Waals surface area contributed by atoms with Gasteiger partial charge in [-0.15, -0.1) is 0 Å². The summed E-state index contributed by atoms with van der Waals surface area (Å²) in [5, 5.41) is 7.37. The fourth-order valence-electron chi connectivity index (χ4n) is 0.229. The Labute approximate surface area is 51.1 Å². The van der Waals surface area contributed by atoms with Crippen molar-refractivity contribution in [3.05, 3.63) is 4.91 Å². The van der Waals surface area contributed by atoms with Crippen LogP contribution >= 0.6 is 0 Å². The zero-order chi connectivity index (χ0) is 7.44. The van der Waals surface area contributed by atoms with Crippen molar-refractivity contribution in [2.45, 2.75) is 13.0 Å². The molecule has 0 rings (SSSR count). The predicted octanol–water partition coefficient (Wildman–Crippen LogP) is -1.47. The fraction of sp³-hybridized carbons (Fsp3) is 0.667. The van der Waals surface area contributed by atoms with Crippen LogP contribution in [0.15, 0.2) is 0 Å². The van der Waals surface area contributed by atoms with Crippen molar-refractivity contribution in [2.75, 3.05) is 0 Å². The van der Waals surface area contributed by atoms with E-state index in [4.69, 9.17) is 10.9 Å². The molecule has 0 saturated heterocycles. The van der Waals surface area contributed by atoms with Crippen molar-refractivity contribution < 1.29 is 15.0 Å². The molecular formula is C3H8N3O3+. The van der Waals surface area contributed by atoms with E-state index in [1.54, 1.807) is 5.43 Å². The van der Waals surface area contributed by atoms with E-state index in [1.165, 1.54) is 6.92 Å². The lowest BCUT2D eigenvalue weighted by molar-refractivity contribution is -0.834. The molecule has 4 N–H and O–H groups in total. The second kappa shape index (κ2) is 2.85. The Morgan fingerprint density at radius 1 is 1.89 bits per heavy atom. The van der Waals surface area contributed by atoms with Gasteiger partial charge < -0.3 is 5.73 Å². The van der Waals surface area contributed by atoms with Gasteiger partial charge in [0, 0.05) is 0 Å². The molecule has 0 heterocycles. The molecule has 0 aliphatic rings. The summed E-state index contributed by atoms with van der Waals surface area (Å²) >= 11 is 0. The first-order chi connectivity index (χ1) is 4.04. The number of hydrazine groups is 1. The molecule has 9 heavy (non-hydrogen) atoms. The lowest BCUT2D eigenvalue weighted by atomic mass is 10.3. The molecule has 6 heteroatoms. The van der Waals surface area contributed by atoms with Crippen molar-refractivity contribution in [2.24, 2.45) is 5.73 Å². The SMILES string of the molecule is CC(N[N+](=O)O)C(N)=O. The number of rotatable bonds is 3. The number of primary amides is 1. The summed E-state index contributed by atoms with van der Waals surface area (Å²) in [6.07, 6.45) is 0. The van der Waals surface area contributed by atoms with E-state index in [0.29, 0.717) is 0 Å². The number of hydrogen-bond donors (Lipinski definition) is 3. The number of carbonyl (C=O) groups excluding carboxylic acids is 1. The molecule has 1 atom stereocenters. The van der Waals surface area contributed by atoms with Crippen LogP contribution in [0.4, 0.5) is 0 Å². The molecule has 0 saturated carbocycles. The van der Waals surface area contributed by atoms with Gasteiger partial charge in [0.1, 0.15) is 4.91 Å². The minimum Gasteiger partial charge on any atom is -0.368 e. The van der Waals surface area contributed by atoms with Crippen molar-refractivity contribution in [3.63, 3.8) is 0 Å². The molecule has 6 nitrogen and oxygen atoms in total. The van der Waals surface area contributed by atoms with E-state index in [1.807, 2.05) is 0 Å². The molecule has 0 spiro atoms. The molecule has 52 valence electrons. The highest BCUT2D eigenvalue weighted by molar-refractivity contribution is 5.79. The smallest absolute Gasteiger partial charge is 0.355 e. The molecular weight excluding hydrogens is 126 g/mol.